The van der Waals surface area contributed by atoms with E-state index < -0.39 is 0 Å². The number of imidazole rings is 1. The van der Waals surface area contributed by atoms with Crippen LogP contribution in [-0.2, 0) is 11.2 Å². The highest BCUT2D eigenvalue weighted by Crippen LogP contribution is 2.38. The van der Waals surface area contributed by atoms with Crippen LogP contribution in [-0.4, -0.2) is 15.2 Å². The molecule has 0 saturated heterocycles. The molecule has 0 saturated carbocycles. The van der Waals surface area contributed by atoms with E-state index in [1.54, 1.807) is 25.1 Å². The van der Waals surface area contributed by atoms with Crippen molar-refractivity contribution in [2.45, 2.75) is 27.2 Å². The van der Waals surface area contributed by atoms with Crippen LogP contribution in [0.2, 0.25) is 5.02 Å². The number of rotatable bonds is 5. The lowest BCUT2D eigenvalue weighted by atomic mass is 10.1. The number of benzene rings is 2. The van der Waals surface area contributed by atoms with Crippen molar-refractivity contribution in [1.29, 1.82) is 0 Å². The first-order valence-corrected chi connectivity index (χ1v) is 10.4. The van der Waals surface area contributed by atoms with Gasteiger partial charge >= 0.3 is 0 Å². The second-order valence-electron chi connectivity index (χ2n) is 7.07. The summed E-state index contributed by atoms with van der Waals surface area (Å²) in [7, 11) is 0. The maximum absolute atomic E-state index is 14.7. The monoisotopic (exact) mass is 427 g/mol. The van der Waals surface area contributed by atoms with Crippen molar-refractivity contribution < 1.29 is 9.18 Å². The number of aryl methyl sites for hydroxylation is 2. The van der Waals surface area contributed by atoms with Gasteiger partial charge in [-0.1, -0.05) is 35.4 Å². The zero-order valence-electron chi connectivity index (χ0n) is 16.2. The van der Waals surface area contributed by atoms with E-state index in [4.69, 9.17) is 16.6 Å². The molecule has 148 valence electrons. The molecule has 0 aliphatic heterocycles. The van der Waals surface area contributed by atoms with Crippen LogP contribution >= 0.6 is 22.9 Å². The number of halogens is 2. The topological polar surface area (TPSA) is 46.4 Å². The van der Waals surface area contributed by atoms with Gasteiger partial charge in [0, 0.05) is 23.1 Å². The zero-order valence-corrected chi connectivity index (χ0v) is 17.8. The van der Waals surface area contributed by atoms with E-state index in [0.717, 1.165) is 22.5 Å². The van der Waals surface area contributed by atoms with Crippen LogP contribution in [0.4, 0.5) is 15.9 Å². The first-order chi connectivity index (χ1) is 13.8. The Balaban J connectivity index is 1.99. The minimum atomic E-state index is -0.353. The fourth-order valence-corrected chi connectivity index (χ4v) is 4.48. The Bertz CT molecular complexity index is 1220. The lowest BCUT2D eigenvalue weighted by molar-refractivity contribution is -0.116. The first kappa shape index (κ1) is 19.6. The Kier molecular flexibility index (Phi) is 5.15. The van der Waals surface area contributed by atoms with Gasteiger partial charge in [0.15, 0.2) is 4.96 Å². The molecule has 0 fully saturated rings. The van der Waals surface area contributed by atoms with Gasteiger partial charge in [-0.15, -0.1) is 11.3 Å². The Labute approximate surface area is 177 Å². The smallest absolute Gasteiger partial charge is 0.196 e. The summed E-state index contributed by atoms with van der Waals surface area (Å²) in [5.74, 6) is 0.285. The van der Waals surface area contributed by atoms with E-state index in [1.165, 1.54) is 17.4 Å². The van der Waals surface area contributed by atoms with E-state index in [-0.39, 0.29) is 18.0 Å². The summed E-state index contributed by atoms with van der Waals surface area (Å²) in [4.78, 5) is 17.2. The second-order valence-corrected chi connectivity index (χ2v) is 8.32. The fraction of sp³-hybridized carbons (Fsp3) is 0.182. The van der Waals surface area contributed by atoms with Crippen molar-refractivity contribution in [3.8, 4) is 11.3 Å². The summed E-state index contributed by atoms with van der Waals surface area (Å²) < 4.78 is 16.6. The minimum Gasteiger partial charge on any atom is -0.338 e. The molecule has 4 aromatic rings. The molecule has 0 aliphatic carbocycles. The molecule has 0 spiro atoms. The fourth-order valence-electron chi connectivity index (χ4n) is 3.33. The first-order valence-electron chi connectivity index (χ1n) is 9.12. The Morgan fingerprint density at radius 2 is 2.07 bits per heavy atom. The summed E-state index contributed by atoms with van der Waals surface area (Å²) in [6.45, 7) is 5.41. The van der Waals surface area contributed by atoms with Crippen LogP contribution in [0.3, 0.4) is 0 Å². The molecule has 0 unspecified atom stereocenters. The van der Waals surface area contributed by atoms with Crippen LogP contribution in [0, 0.1) is 19.7 Å². The van der Waals surface area contributed by atoms with Crippen LogP contribution in [0.1, 0.15) is 23.7 Å². The molecule has 0 radical (unpaired) electrons. The van der Waals surface area contributed by atoms with Crippen molar-refractivity contribution in [2.24, 2.45) is 0 Å². The molecular weight excluding hydrogens is 409 g/mol. The molecule has 0 aliphatic rings. The minimum absolute atomic E-state index is 0.0431. The van der Waals surface area contributed by atoms with Gasteiger partial charge in [-0.05, 0) is 44.5 Å². The van der Waals surface area contributed by atoms with Crippen LogP contribution in [0.25, 0.3) is 16.2 Å². The molecule has 0 amide bonds. The van der Waals surface area contributed by atoms with Crippen molar-refractivity contribution in [3.05, 3.63) is 69.4 Å². The van der Waals surface area contributed by atoms with Gasteiger partial charge < -0.3 is 5.32 Å². The number of Topliss-reactive ketones (excluding diaryl/α,β-unsaturated/α-hetero) is 1. The number of nitrogens with zero attached hydrogens (tertiary/aromatic N) is 2. The molecule has 2 heterocycles. The number of hydrogen-bond donors (Lipinski definition) is 1. The number of aromatic nitrogens is 2. The Morgan fingerprint density at radius 3 is 2.79 bits per heavy atom. The summed E-state index contributed by atoms with van der Waals surface area (Å²) in [5.41, 5.74) is 4.30. The molecule has 7 heteroatoms. The van der Waals surface area contributed by atoms with Crippen LogP contribution < -0.4 is 5.32 Å². The number of para-hydroxylation sites is 1. The van der Waals surface area contributed by atoms with Crippen LogP contribution in [0.15, 0.2) is 41.8 Å². The number of nitrogens with one attached hydrogen (secondary N) is 1. The second kappa shape index (κ2) is 7.61. The molecule has 1 N–H and O–H groups in total. The lowest BCUT2D eigenvalue weighted by Crippen LogP contribution is -2.04. The maximum atomic E-state index is 14.7. The van der Waals surface area contributed by atoms with E-state index in [0.29, 0.717) is 27.1 Å². The maximum Gasteiger partial charge on any atom is 0.196 e. The third kappa shape index (κ3) is 3.66. The summed E-state index contributed by atoms with van der Waals surface area (Å²) in [5, 5.41) is 5.84. The van der Waals surface area contributed by atoms with Gasteiger partial charge in [-0.2, -0.15) is 0 Å². The van der Waals surface area contributed by atoms with Gasteiger partial charge in [0.2, 0.25) is 0 Å². The number of ketones is 1. The van der Waals surface area contributed by atoms with Crippen molar-refractivity contribution in [2.75, 3.05) is 5.32 Å². The highest BCUT2D eigenvalue weighted by Gasteiger charge is 2.22. The van der Waals surface area contributed by atoms with Gasteiger partial charge in [-0.3, -0.25) is 9.20 Å². The largest absolute Gasteiger partial charge is 0.338 e. The highest BCUT2D eigenvalue weighted by molar-refractivity contribution is 7.15. The predicted molar refractivity (Wildman–Crippen MR) is 117 cm³/mol. The average Bonchev–Trinajstić information content (AvgIpc) is 3.20. The number of hydrogen-bond acceptors (Lipinski definition) is 4. The zero-order chi connectivity index (χ0) is 20.7. The van der Waals surface area contributed by atoms with Crippen LogP contribution in [0.5, 0.6) is 0 Å². The van der Waals surface area contributed by atoms with E-state index in [2.05, 4.69) is 5.32 Å². The van der Waals surface area contributed by atoms with Crippen molar-refractivity contribution >= 4 is 45.2 Å². The van der Waals surface area contributed by atoms with E-state index in [9.17, 15) is 9.18 Å². The standard InChI is InChI=1S/C22H19ClFN3OS/c1-12-7-8-18(24)16(9-12)20-21(25-19-13(2)5-4-6-17(19)23)27-15(10-14(3)28)11-29-22(27)26-20/h4-9,11,25H,10H2,1-3H3. The Morgan fingerprint density at radius 1 is 1.28 bits per heavy atom. The van der Waals surface area contributed by atoms with Crippen molar-refractivity contribution in [1.82, 2.24) is 9.38 Å². The third-order valence-corrected chi connectivity index (χ3v) is 5.90. The van der Waals surface area contributed by atoms with E-state index >= 15 is 0 Å². The van der Waals surface area contributed by atoms with Crippen molar-refractivity contribution in [3.63, 3.8) is 0 Å². The van der Waals surface area contributed by atoms with Gasteiger partial charge in [0.1, 0.15) is 23.1 Å². The SMILES string of the molecule is CC(=O)Cc1csc2nc(-c3cc(C)ccc3F)c(Nc3c(C)cccc3Cl)n12. The molecule has 29 heavy (non-hydrogen) atoms. The van der Waals surface area contributed by atoms with Gasteiger partial charge in [0.25, 0.3) is 0 Å². The number of thiazole rings is 1. The summed E-state index contributed by atoms with van der Waals surface area (Å²) >= 11 is 7.85. The summed E-state index contributed by atoms with van der Waals surface area (Å²) in [6, 6.07) is 10.6. The normalized spacial score (nSPS) is 11.2. The molecule has 2 aromatic carbocycles. The average molecular weight is 428 g/mol. The number of carbonyl (C=O) groups excluding carboxylic acids is 1. The number of anilines is 2. The molecule has 0 bridgehead atoms. The number of fused-ring (bicyclic) bond motifs is 1. The highest BCUT2D eigenvalue weighted by atomic mass is 35.5. The number of carbonyl (C=O) groups is 1. The predicted octanol–water partition coefficient (Wildman–Crippen LogP) is 6.35. The Hall–Kier alpha value is -2.70. The van der Waals surface area contributed by atoms with E-state index in [1.807, 2.05) is 35.8 Å². The quantitative estimate of drug-likeness (QED) is 0.403. The summed E-state index contributed by atoms with van der Waals surface area (Å²) in [6.07, 6.45) is 0.266. The molecular formula is C22H19ClFN3OS. The molecule has 2 aromatic heterocycles. The molecule has 4 nitrogen and oxygen atoms in total. The lowest BCUT2D eigenvalue weighted by Gasteiger charge is -2.14. The van der Waals surface area contributed by atoms with Gasteiger partial charge in [-0.25, -0.2) is 9.37 Å². The third-order valence-electron chi connectivity index (χ3n) is 4.71. The molecule has 4 rings (SSSR count). The van der Waals surface area contributed by atoms with Gasteiger partial charge in [0.05, 0.1) is 10.7 Å². The molecule has 0 atom stereocenters.